The number of rotatable bonds is 12. The van der Waals surface area contributed by atoms with Crippen LogP contribution in [0.15, 0.2) is 71.6 Å². The zero-order chi connectivity index (χ0) is 30.3. The van der Waals surface area contributed by atoms with Gasteiger partial charge in [0.15, 0.2) is 0 Å². The molecule has 0 bridgehead atoms. The molecule has 0 radical (unpaired) electrons. The minimum Gasteiger partial charge on any atom is -0.495 e. The normalized spacial score (nSPS) is 12.8. The second kappa shape index (κ2) is 14.3. The van der Waals surface area contributed by atoms with Gasteiger partial charge in [0.2, 0.25) is 11.8 Å². The van der Waals surface area contributed by atoms with Gasteiger partial charge >= 0.3 is 0 Å². The van der Waals surface area contributed by atoms with Crippen LogP contribution in [0.4, 0.5) is 5.69 Å². The van der Waals surface area contributed by atoms with Crippen molar-refractivity contribution in [3.05, 3.63) is 87.4 Å². The van der Waals surface area contributed by atoms with Crippen LogP contribution in [-0.2, 0) is 26.2 Å². The number of carbonyl (C=O) groups excluding carboxylic acids is 2. The first-order valence-corrected chi connectivity index (χ1v) is 15.4. The van der Waals surface area contributed by atoms with Gasteiger partial charge < -0.3 is 15.0 Å². The Hall–Kier alpha value is -2.98. The number of nitrogens with one attached hydrogen (secondary N) is 1. The summed E-state index contributed by atoms with van der Waals surface area (Å²) >= 11 is 18.8. The van der Waals surface area contributed by atoms with E-state index in [2.05, 4.69) is 5.32 Å². The second-order valence-electron chi connectivity index (χ2n) is 9.39. The number of ether oxygens (including phenoxy) is 1. The summed E-state index contributed by atoms with van der Waals surface area (Å²) in [4.78, 5) is 28.4. The molecule has 1 N–H and O–H groups in total. The van der Waals surface area contributed by atoms with Crippen LogP contribution in [0.1, 0.15) is 32.8 Å². The van der Waals surface area contributed by atoms with Gasteiger partial charge in [0.25, 0.3) is 10.0 Å². The number of halogens is 3. The average molecular weight is 641 g/mol. The highest BCUT2D eigenvalue weighted by Crippen LogP contribution is 2.32. The molecule has 0 aliphatic carbocycles. The van der Waals surface area contributed by atoms with Crippen molar-refractivity contribution < 1.29 is 22.7 Å². The van der Waals surface area contributed by atoms with Crippen LogP contribution in [0.5, 0.6) is 5.75 Å². The molecule has 0 saturated carbocycles. The highest BCUT2D eigenvalue weighted by molar-refractivity contribution is 7.92. The number of nitrogens with zero attached hydrogens (tertiary/aromatic N) is 2. The van der Waals surface area contributed by atoms with Gasteiger partial charge in [-0.2, -0.15) is 0 Å². The predicted octanol–water partition coefficient (Wildman–Crippen LogP) is 6.18. The maximum absolute atomic E-state index is 14.0. The fraction of sp³-hybridized carbons (Fsp3) is 0.310. The zero-order valence-electron chi connectivity index (χ0n) is 23.1. The molecule has 3 rings (SSSR count). The molecule has 3 aromatic carbocycles. The summed E-state index contributed by atoms with van der Waals surface area (Å²) in [5, 5.41) is 3.77. The van der Waals surface area contributed by atoms with Crippen LogP contribution in [0, 0.1) is 0 Å². The second-order valence-corrected chi connectivity index (χ2v) is 12.5. The van der Waals surface area contributed by atoms with Crippen LogP contribution in [0.25, 0.3) is 0 Å². The van der Waals surface area contributed by atoms with E-state index in [9.17, 15) is 18.0 Å². The number of hydrogen-bond acceptors (Lipinski definition) is 5. The fourth-order valence-corrected chi connectivity index (χ4v) is 6.09. The lowest BCUT2D eigenvalue weighted by Crippen LogP contribution is -2.52. The number of methoxy groups -OCH3 is 1. The van der Waals surface area contributed by atoms with E-state index in [1.165, 1.54) is 48.4 Å². The molecule has 220 valence electrons. The first kappa shape index (κ1) is 32.5. The van der Waals surface area contributed by atoms with Crippen LogP contribution < -0.4 is 14.4 Å². The van der Waals surface area contributed by atoms with Crippen LogP contribution in [0.2, 0.25) is 15.1 Å². The zero-order valence-corrected chi connectivity index (χ0v) is 26.2. The number of hydrogen-bond donors (Lipinski definition) is 1. The van der Waals surface area contributed by atoms with Crippen molar-refractivity contribution in [2.45, 2.75) is 50.7 Å². The Bertz CT molecular complexity index is 1490. The first-order chi connectivity index (χ1) is 19.4. The molecule has 0 heterocycles. The van der Waals surface area contributed by atoms with Gasteiger partial charge in [-0.1, -0.05) is 66.0 Å². The number of benzene rings is 3. The monoisotopic (exact) mass is 639 g/mol. The molecule has 0 aliphatic rings. The lowest BCUT2D eigenvalue weighted by atomic mass is 10.1. The van der Waals surface area contributed by atoms with Crippen molar-refractivity contribution in [2.24, 2.45) is 0 Å². The summed E-state index contributed by atoms with van der Waals surface area (Å²) < 4.78 is 33.9. The third kappa shape index (κ3) is 8.07. The largest absolute Gasteiger partial charge is 0.495 e. The van der Waals surface area contributed by atoms with E-state index >= 15 is 0 Å². The van der Waals surface area contributed by atoms with Crippen molar-refractivity contribution >= 4 is 62.3 Å². The topological polar surface area (TPSA) is 96.0 Å². The molecule has 2 amide bonds. The van der Waals surface area contributed by atoms with Crippen molar-refractivity contribution in [1.82, 2.24) is 10.2 Å². The molecular weight excluding hydrogens is 609 g/mol. The van der Waals surface area contributed by atoms with E-state index in [1.54, 1.807) is 37.3 Å². The minimum absolute atomic E-state index is 0.0189. The Kier molecular flexibility index (Phi) is 11.3. The van der Waals surface area contributed by atoms with Crippen LogP contribution in [-0.4, -0.2) is 50.9 Å². The Labute approximate surface area is 256 Å². The number of amides is 2. The van der Waals surface area contributed by atoms with E-state index in [0.717, 1.165) is 4.31 Å². The van der Waals surface area contributed by atoms with Gasteiger partial charge in [-0.3, -0.25) is 13.9 Å². The smallest absolute Gasteiger partial charge is 0.264 e. The molecule has 0 aliphatic heterocycles. The van der Waals surface area contributed by atoms with E-state index in [1.807, 2.05) is 13.8 Å². The number of sulfonamides is 1. The summed E-state index contributed by atoms with van der Waals surface area (Å²) in [6.45, 7) is 4.69. The Morgan fingerprint density at radius 3 is 2.22 bits per heavy atom. The van der Waals surface area contributed by atoms with Gasteiger partial charge in [0.05, 0.1) is 22.7 Å². The van der Waals surface area contributed by atoms with Crippen LogP contribution in [0.3, 0.4) is 0 Å². The summed E-state index contributed by atoms with van der Waals surface area (Å²) in [5.41, 5.74) is 0.687. The van der Waals surface area contributed by atoms with Gasteiger partial charge in [-0.05, 0) is 68.3 Å². The average Bonchev–Trinajstić information content (AvgIpc) is 2.95. The van der Waals surface area contributed by atoms with Crippen molar-refractivity contribution in [1.29, 1.82) is 0 Å². The van der Waals surface area contributed by atoms with Gasteiger partial charge in [-0.25, -0.2) is 8.42 Å². The molecule has 8 nitrogen and oxygen atoms in total. The molecule has 3 aromatic rings. The minimum atomic E-state index is -4.23. The maximum Gasteiger partial charge on any atom is 0.264 e. The third-order valence-electron chi connectivity index (χ3n) is 6.56. The Balaban J connectivity index is 2.07. The van der Waals surface area contributed by atoms with E-state index in [4.69, 9.17) is 39.5 Å². The summed E-state index contributed by atoms with van der Waals surface area (Å²) in [6.07, 6.45) is 0.691. The van der Waals surface area contributed by atoms with Crippen molar-refractivity contribution in [3.8, 4) is 5.75 Å². The molecule has 0 unspecified atom stereocenters. The van der Waals surface area contributed by atoms with E-state index < -0.39 is 28.5 Å². The van der Waals surface area contributed by atoms with Crippen molar-refractivity contribution in [3.63, 3.8) is 0 Å². The quantitative estimate of drug-likeness (QED) is 0.255. The van der Waals surface area contributed by atoms with E-state index in [0.29, 0.717) is 27.8 Å². The van der Waals surface area contributed by atoms with Gasteiger partial charge in [0.1, 0.15) is 18.3 Å². The molecule has 12 heteroatoms. The fourth-order valence-electron chi connectivity index (χ4n) is 3.94. The molecule has 0 spiro atoms. The molecule has 0 aromatic heterocycles. The Morgan fingerprint density at radius 2 is 1.63 bits per heavy atom. The summed E-state index contributed by atoms with van der Waals surface area (Å²) in [6, 6.07) is 15.9. The van der Waals surface area contributed by atoms with Crippen LogP contribution >= 0.6 is 34.8 Å². The molecule has 41 heavy (non-hydrogen) atoms. The SMILES string of the molecule is CC[C@H](C)NC(=O)[C@H](C)N(Cc1ccc(Cl)cc1Cl)C(=O)CN(c1ccc(OC)c(Cl)c1)S(=O)(=O)c1ccccc1. The standard InChI is InChI=1S/C29H32Cl3N3O5S/c1-5-19(2)33-29(37)20(3)34(17-21-11-12-22(30)15-25(21)31)28(36)18-35(23-13-14-27(40-4)26(32)16-23)41(38,39)24-9-7-6-8-10-24/h6-16,19-20H,5,17-18H2,1-4H3,(H,33,37)/t19-,20-/m0/s1. The predicted molar refractivity (Wildman–Crippen MR) is 163 cm³/mol. The molecule has 2 atom stereocenters. The first-order valence-electron chi connectivity index (χ1n) is 12.8. The molecule has 0 fully saturated rings. The highest BCUT2D eigenvalue weighted by Gasteiger charge is 2.33. The number of anilines is 1. The lowest BCUT2D eigenvalue weighted by Gasteiger charge is -2.32. The molecule has 0 saturated heterocycles. The Morgan fingerprint density at radius 1 is 0.951 bits per heavy atom. The highest BCUT2D eigenvalue weighted by atomic mass is 35.5. The molecular formula is C29H32Cl3N3O5S. The van der Waals surface area contributed by atoms with Gasteiger partial charge in [0, 0.05) is 22.6 Å². The van der Waals surface area contributed by atoms with Crippen molar-refractivity contribution in [2.75, 3.05) is 18.0 Å². The number of carbonyl (C=O) groups is 2. The van der Waals surface area contributed by atoms with E-state index in [-0.39, 0.29) is 34.1 Å². The van der Waals surface area contributed by atoms with Gasteiger partial charge in [-0.15, -0.1) is 0 Å². The lowest BCUT2D eigenvalue weighted by molar-refractivity contribution is -0.139. The summed E-state index contributed by atoms with van der Waals surface area (Å²) in [7, 11) is -2.79. The third-order valence-corrected chi connectivity index (χ3v) is 9.23. The summed E-state index contributed by atoms with van der Waals surface area (Å²) in [5.74, 6) is -0.676. The maximum atomic E-state index is 14.0.